The molecule has 5 heteroatoms. The van der Waals surface area contributed by atoms with Gasteiger partial charge in [0.1, 0.15) is 10.6 Å². The summed E-state index contributed by atoms with van der Waals surface area (Å²) in [6, 6.07) is 11.7. The van der Waals surface area contributed by atoms with Crippen LogP contribution >= 0.6 is 11.3 Å². The lowest BCUT2D eigenvalue weighted by Crippen LogP contribution is -2.21. The maximum absolute atomic E-state index is 11.8. The molecule has 0 fully saturated rings. The van der Waals surface area contributed by atoms with Gasteiger partial charge < -0.3 is 4.74 Å². The molecule has 94 valence electrons. The second-order valence-electron chi connectivity index (χ2n) is 3.51. The van der Waals surface area contributed by atoms with E-state index in [4.69, 9.17) is 4.74 Å². The van der Waals surface area contributed by atoms with Gasteiger partial charge in [-0.2, -0.15) is 0 Å². The van der Waals surface area contributed by atoms with Gasteiger partial charge in [-0.05, 0) is 11.6 Å². The van der Waals surface area contributed by atoms with E-state index in [-0.39, 0.29) is 5.91 Å². The van der Waals surface area contributed by atoms with Crippen LogP contribution in [0.4, 0.5) is 0 Å². The van der Waals surface area contributed by atoms with Gasteiger partial charge >= 0.3 is 0 Å². The van der Waals surface area contributed by atoms with Crippen molar-refractivity contribution in [3.05, 3.63) is 41.3 Å². The highest BCUT2D eigenvalue weighted by Gasteiger charge is 2.17. The maximum Gasteiger partial charge on any atom is 0.288 e. The second-order valence-corrected chi connectivity index (χ2v) is 4.56. The Morgan fingerprint density at radius 3 is 2.56 bits per heavy atom. The van der Waals surface area contributed by atoms with E-state index in [0.29, 0.717) is 10.6 Å². The van der Waals surface area contributed by atoms with Gasteiger partial charge in [0.2, 0.25) is 0 Å². The van der Waals surface area contributed by atoms with E-state index in [2.05, 4.69) is 10.3 Å². The minimum absolute atomic E-state index is 0.304. The third kappa shape index (κ3) is 2.52. The van der Waals surface area contributed by atoms with Gasteiger partial charge in [-0.3, -0.25) is 9.63 Å². The van der Waals surface area contributed by atoms with E-state index in [9.17, 15) is 4.79 Å². The van der Waals surface area contributed by atoms with Gasteiger partial charge in [-0.15, -0.1) is 11.3 Å². The number of hydrogen-bond acceptors (Lipinski definition) is 4. The number of benzene rings is 1. The topological polar surface area (TPSA) is 47.6 Å². The zero-order valence-electron chi connectivity index (χ0n) is 10.1. The summed E-state index contributed by atoms with van der Waals surface area (Å²) in [5, 5.41) is 0. The van der Waals surface area contributed by atoms with Crippen molar-refractivity contribution in [2.45, 2.75) is 0 Å². The number of hydrogen-bond donors (Lipinski definition) is 1. The molecule has 0 unspecified atom stereocenters. The molecule has 1 heterocycles. The van der Waals surface area contributed by atoms with E-state index >= 15 is 0 Å². The molecule has 0 spiro atoms. The smallest absolute Gasteiger partial charge is 0.288 e. The first-order valence-corrected chi connectivity index (χ1v) is 6.14. The van der Waals surface area contributed by atoms with Crippen LogP contribution in [0.2, 0.25) is 0 Å². The molecule has 18 heavy (non-hydrogen) atoms. The van der Waals surface area contributed by atoms with Crippen molar-refractivity contribution >= 4 is 17.2 Å². The van der Waals surface area contributed by atoms with Crippen LogP contribution < -0.4 is 10.2 Å². The van der Waals surface area contributed by atoms with Crippen LogP contribution in [0.25, 0.3) is 10.4 Å². The van der Waals surface area contributed by atoms with E-state index in [1.54, 1.807) is 7.11 Å². The summed E-state index contributed by atoms with van der Waals surface area (Å²) in [5.74, 6) is 0.245. The van der Waals surface area contributed by atoms with Crippen LogP contribution in [0.1, 0.15) is 9.67 Å². The van der Waals surface area contributed by atoms with E-state index in [0.717, 1.165) is 10.4 Å². The monoisotopic (exact) mass is 263 g/mol. The number of ether oxygens (including phenoxy) is 1. The number of amides is 1. The normalized spacial score (nSPS) is 10.1. The van der Waals surface area contributed by atoms with Gasteiger partial charge in [0.25, 0.3) is 5.91 Å². The van der Waals surface area contributed by atoms with E-state index < -0.39 is 0 Å². The SMILES string of the molecule is CONC(=O)c1sc(-c2ccccc2)cc1OC. The summed E-state index contributed by atoms with van der Waals surface area (Å²) in [6.07, 6.45) is 0. The Morgan fingerprint density at radius 2 is 1.94 bits per heavy atom. The summed E-state index contributed by atoms with van der Waals surface area (Å²) >= 11 is 1.37. The summed E-state index contributed by atoms with van der Waals surface area (Å²) in [4.78, 5) is 17.9. The minimum atomic E-state index is -0.304. The highest BCUT2D eigenvalue weighted by molar-refractivity contribution is 7.17. The lowest BCUT2D eigenvalue weighted by Gasteiger charge is -2.01. The molecule has 0 bridgehead atoms. The predicted molar refractivity (Wildman–Crippen MR) is 70.8 cm³/mol. The summed E-state index contributed by atoms with van der Waals surface area (Å²) in [6.45, 7) is 0. The molecule has 1 amide bonds. The Bertz CT molecular complexity index is 536. The molecule has 0 saturated carbocycles. The van der Waals surface area contributed by atoms with Crippen molar-refractivity contribution < 1.29 is 14.4 Å². The van der Waals surface area contributed by atoms with Crippen LogP contribution in [-0.2, 0) is 4.84 Å². The molecule has 0 radical (unpaired) electrons. The summed E-state index contributed by atoms with van der Waals surface area (Å²) < 4.78 is 5.21. The van der Waals surface area contributed by atoms with Crippen molar-refractivity contribution in [1.29, 1.82) is 0 Å². The molecule has 0 aliphatic rings. The first-order valence-electron chi connectivity index (χ1n) is 5.33. The largest absolute Gasteiger partial charge is 0.495 e. The van der Waals surface area contributed by atoms with Crippen molar-refractivity contribution in [1.82, 2.24) is 5.48 Å². The maximum atomic E-state index is 11.8. The lowest BCUT2D eigenvalue weighted by molar-refractivity contribution is 0.0539. The average Bonchev–Trinajstić information content (AvgIpc) is 2.84. The number of rotatable bonds is 4. The second kappa shape index (κ2) is 5.66. The molecule has 4 nitrogen and oxygen atoms in total. The van der Waals surface area contributed by atoms with Gasteiger partial charge in [0.05, 0.1) is 14.2 Å². The summed E-state index contributed by atoms with van der Waals surface area (Å²) in [5.41, 5.74) is 3.35. The molecule has 1 N–H and O–H groups in total. The molecular formula is C13H13NO3S. The van der Waals surface area contributed by atoms with Crippen LogP contribution in [0.3, 0.4) is 0 Å². The number of carbonyl (C=O) groups excluding carboxylic acids is 1. The number of hydroxylamine groups is 1. The molecule has 2 rings (SSSR count). The third-order valence-electron chi connectivity index (χ3n) is 2.38. The highest BCUT2D eigenvalue weighted by Crippen LogP contribution is 2.35. The first kappa shape index (κ1) is 12.6. The van der Waals surface area contributed by atoms with Crippen LogP contribution in [0.15, 0.2) is 36.4 Å². The lowest BCUT2D eigenvalue weighted by atomic mass is 10.2. The fourth-order valence-corrected chi connectivity index (χ4v) is 2.58. The average molecular weight is 263 g/mol. The van der Waals surface area contributed by atoms with Gasteiger partial charge in [-0.1, -0.05) is 30.3 Å². The Kier molecular flexibility index (Phi) is 3.96. The van der Waals surface area contributed by atoms with Crippen molar-refractivity contribution in [2.24, 2.45) is 0 Å². The number of thiophene rings is 1. The third-order valence-corrected chi connectivity index (χ3v) is 3.54. The first-order chi connectivity index (χ1) is 8.76. The zero-order valence-corrected chi connectivity index (χ0v) is 10.9. The van der Waals surface area contributed by atoms with Crippen LogP contribution in [0, 0.1) is 0 Å². The Hall–Kier alpha value is -1.85. The number of carbonyl (C=O) groups is 1. The number of nitrogens with one attached hydrogen (secondary N) is 1. The Balaban J connectivity index is 2.38. The Morgan fingerprint density at radius 1 is 1.22 bits per heavy atom. The van der Waals surface area contributed by atoms with Gasteiger partial charge in [0.15, 0.2) is 0 Å². The van der Waals surface area contributed by atoms with Crippen molar-refractivity contribution in [2.75, 3.05) is 14.2 Å². The molecule has 0 atom stereocenters. The van der Waals surface area contributed by atoms with Crippen molar-refractivity contribution in [3.63, 3.8) is 0 Å². The predicted octanol–water partition coefficient (Wildman–Crippen LogP) is 2.71. The quantitative estimate of drug-likeness (QED) is 0.863. The molecule has 0 aliphatic carbocycles. The highest BCUT2D eigenvalue weighted by atomic mass is 32.1. The molecule has 0 aliphatic heterocycles. The zero-order chi connectivity index (χ0) is 13.0. The van der Waals surface area contributed by atoms with Crippen molar-refractivity contribution in [3.8, 4) is 16.2 Å². The fourth-order valence-electron chi connectivity index (χ4n) is 1.57. The van der Waals surface area contributed by atoms with Gasteiger partial charge in [-0.25, -0.2) is 5.48 Å². The molecule has 1 aromatic carbocycles. The standard InChI is InChI=1S/C13H13NO3S/c1-16-10-8-11(9-6-4-3-5-7-9)18-12(10)13(15)14-17-2/h3-8H,1-2H3,(H,14,15). The molecular weight excluding hydrogens is 250 g/mol. The minimum Gasteiger partial charge on any atom is -0.495 e. The summed E-state index contributed by atoms with van der Waals surface area (Å²) in [7, 11) is 2.94. The van der Waals surface area contributed by atoms with E-state index in [1.165, 1.54) is 18.4 Å². The Labute approximate surface area is 109 Å². The molecule has 0 saturated heterocycles. The van der Waals surface area contributed by atoms with Crippen LogP contribution in [-0.4, -0.2) is 20.1 Å². The molecule has 1 aromatic heterocycles. The van der Waals surface area contributed by atoms with Crippen LogP contribution in [0.5, 0.6) is 5.75 Å². The van der Waals surface area contributed by atoms with E-state index in [1.807, 2.05) is 36.4 Å². The number of methoxy groups -OCH3 is 1. The fraction of sp³-hybridized carbons (Fsp3) is 0.154. The molecule has 2 aromatic rings. The van der Waals surface area contributed by atoms with Gasteiger partial charge in [0, 0.05) is 4.88 Å².